The van der Waals surface area contributed by atoms with Gasteiger partial charge in [-0.25, -0.2) is 4.39 Å². The normalized spacial score (nSPS) is 11.3. The quantitative estimate of drug-likeness (QED) is 0.625. The highest BCUT2D eigenvalue weighted by molar-refractivity contribution is 6.09. The van der Waals surface area contributed by atoms with Crippen molar-refractivity contribution in [2.75, 3.05) is 0 Å². The maximum atomic E-state index is 13.2. The molecule has 0 spiro atoms. The standard InChI is InChI=1S/C15H10F4O2/c1-9-2-5-11(16)8-13(9)14(20)10-3-6-12(7-4-10)21-15(17,18)19/h2-8H,1H3. The number of alkyl halides is 3. The lowest BCUT2D eigenvalue weighted by atomic mass is 9.99. The van der Waals surface area contributed by atoms with Gasteiger partial charge in [0.25, 0.3) is 0 Å². The molecular weight excluding hydrogens is 288 g/mol. The summed E-state index contributed by atoms with van der Waals surface area (Å²) in [6, 6.07) is 8.26. The van der Waals surface area contributed by atoms with Crippen molar-refractivity contribution in [2.45, 2.75) is 13.3 Å². The average molecular weight is 298 g/mol. The van der Waals surface area contributed by atoms with Crippen molar-refractivity contribution in [3.05, 3.63) is 65.0 Å². The minimum atomic E-state index is -4.79. The molecule has 2 nitrogen and oxygen atoms in total. The van der Waals surface area contributed by atoms with E-state index >= 15 is 0 Å². The second-order valence-corrected chi connectivity index (χ2v) is 4.36. The highest BCUT2D eigenvalue weighted by Crippen LogP contribution is 2.24. The molecule has 0 aliphatic carbocycles. The maximum absolute atomic E-state index is 13.2. The molecule has 110 valence electrons. The van der Waals surface area contributed by atoms with Crippen molar-refractivity contribution >= 4 is 5.78 Å². The molecule has 0 aliphatic heterocycles. The van der Waals surface area contributed by atoms with Gasteiger partial charge in [-0.1, -0.05) is 6.07 Å². The van der Waals surface area contributed by atoms with Crippen LogP contribution in [-0.4, -0.2) is 12.1 Å². The Kier molecular flexibility index (Phi) is 3.97. The number of benzene rings is 2. The van der Waals surface area contributed by atoms with Gasteiger partial charge >= 0.3 is 6.36 Å². The zero-order chi connectivity index (χ0) is 15.6. The van der Waals surface area contributed by atoms with Crippen LogP contribution < -0.4 is 4.74 Å². The topological polar surface area (TPSA) is 26.3 Å². The van der Waals surface area contributed by atoms with E-state index in [0.29, 0.717) is 5.56 Å². The second kappa shape index (κ2) is 5.55. The molecule has 0 radical (unpaired) electrons. The first kappa shape index (κ1) is 15.0. The Morgan fingerprint density at radius 1 is 1.05 bits per heavy atom. The Labute approximate surface area is 118 Å². The number of carbonyl (C=O) groups excluding carboxylic acids is 1. The van der Waals surface area contributed by atoms with Crippen LogP contribution in [0.5, 0.6) is 5.75 Å². The number of hydrogen-bond acceptors (Lipinski definition) is 2. The van der Waals surface area contributed by atoms with E-state index in [1.165, 1.54) is 24.3 Å². The molecule has 2 rings (SSSR count). The minimum Gasteiger partial charge on any atom is -0.406 e. The van der Waals surface area contributed by atoms with Crippen LogP contribution >= 0.6 is 0 Å². The fraction of sp³-hybridized carbons (Fsp3) is 0.133. The molecule has 0 atom stereocenters. The van der Waals surface area contributed by atoms with E-state index in [1.54, 1.807) is 6.92 Å². The van der Waals surface area contributed by atoms with Crippen LogP contribution in [0.25, 0.3) is 0 Å². The number of ether oxygens (including phenoxy) is 1. The summed E-state index contributed by atoms with van der Waals surface area (Å²) in [5, 5.41) is 0. The number of carbonyl (C=O) groups is 1. The second-order valence-electron chi connectivity index (χ2n) is 4.36. The lowest BCUT2D eigenvalue weighted by molar-refractivity contribution is -0.274. The van der Waals surface area contributed by atoms with Crippen molar-refractivity contribution in [1.29, 1.82) is 0 Å². The van der Waals surface area contributed by atoms with Gasteiger partial charge in [-0.15, -0.1) is 13.2 Å². The van der Waals surface area contributed by atoms with Crippen LogP contribution in [-0.2, 0) is 0 Å². The van der Waals surface area contributed by atoms with Gasteiger partial charge in [-0.05, 0) is 48.9 Å². The van der Waals surface area contributed by atoms with Crippen molar-refractivity contribution in [3.8, 4) is 5.75 Å². The summed E-state index contributed by atoms with van der Waals surface area (Å²) in [5.41, 5.74) is 0.898. The first-order chi connectivity index (χ1) is 9.76. The van der Waals surface area contributed by atoms with Gasteiger partial charge in [0.2, 0.25) is 0 Å². The molecule has 6 heteroatoms. The zero-order valence-corrected chi connectivity index (χ0v) is 10.9. The highest BCUT2D eigenvalue weighted by atomic mass is 19.4. The molecule has 0 saturated carbocycles. The number of ketones is 1. The molecule has 0 aliphatic rings. The molecule has 0 amide bonds. The lowest BCUT2D eigenvalue weighted by Gasteiger charge is -2.09. The SMILES string of the molecule is Cc1ccc(F)cc1C(=O)c1ccc(OC(F)(F)F)cc1. The molecule has 2 aromatic rings. The van der Waals surface area contributed by atoms with E-state index in [2.05, 4.69) is 4.74 Å². The fourth-order valence-corrected chi connectivity index (χ4v) is 1.80. The van der Waals surface area contributed by atoms with Gasteiger partial charge in [0.1, 0.15) is 11.6 Å². The summed E-state index contributed by atoms with van der Waals surface area (Å²) in [6.07, 6.45) is -4.79. The fourth-order valence-electron chi connectivity index (χ4n) is 1.80. The van der Waals surface area contributed by atoms with Crippen LogP contribution in [0.3, 0.4) is 0 Å². The molecule has 21 heavy (non-hydrogen) atoms. The molecule has 0 heterocycles. The number of hydrogen-bond donors (Lipinski definition) is 0. The summed E-state index contributed by atoms with van der Waals surface area (Å²) in [7, 11) is 0. The van der Waals surface area contributed by atoms with Gasteiger partial charge < -0.3 is 4.74 Å². The van der Waals surface area contributed by atoms with Gasteiger partial charge in [-0.3, -0.25) is 4.79 Å². The van der Waals surface area contributed by atoms with E-state index in [4.69, 9.17) is 0 Å². The molecule has 0 saturated heterocycles. The van der Waals surface area contributed by atoms with Crippen molar-refractivity contribution in [2.24, 2.45) is 0 Å². The Balaban J connectivity index is 2.26. The Hall–Kier alpha value is -2.37. The van der Waals surface area contributed by atoms with Gasteiger partial charge in [0.15, 0.2) is 5.78 Å². The van der Waals surface area contributed by atoms with Gasteiger partial charge in [0, 0.05) is 11.1 Å². The van der Waals surface area contributed by atoms with Gasteiger partial charge in [0.05, 0.1) is 0 Å². The third kappa shape index (κ3) is 3.81. The Morgan fingerprint density at radius 2 is 1.67 bits per heavy atom. The molecule has 0 N–H and O–H groups in total. The summed E-state index contributed by atoms with van der Waals surface area (Å²) in [6.45, 7) is 1.65. The zero-order valence-electron chi connectivity index (χ0n) is 10.9. The van der Waals surface area contributed by atoms with Crippen molar-refractivity contribution in [3.63, 3.8) is 0 Å². The predicted molar refractivity (Wildman–Crippen MR) is 67.7 cm³/mol. The first-order valence-corrected chi connectivity index (χ1v) is 5.93. The van der Waals surface area contributed by atoms with Crippen LogP contribution in [0.2, 0.25) is 0 Å². The third-order valence-corrected chi connectivity index (χ3v) is 2.79. The summed E-state index contributed by atoms with van der Waals surface area (Å²) in [5.74, 6) is -1.44. The first-order valence-electron chi connectivity index (χ1n) is 5.93. The largest absolute Gasteiger partial charge is 0.573 e. The monoisotopic (exact) mass is 298 g/mol. The van der Waals surface area contributed by atoms with E-state index in [0.717, 1.165) is 18.2 Å². The van der Waals surface area contributed by atoms with Crippen molar-refractivity contribution in [1.82, 2.24) is 0 Å². The number of rotatable bonds is 3. The molecule has 2 aromatic carbocycles. The van der Waals surface area contributed by atoms with E-state index in [1.807, 2.05) is 0 Å². The minimum absolute atomic E-state index is 0.151. The lowest BCUT2D eigenvalue weighted by Crippen LogP contribution is -2.17. The molecule has 0 unspecified atom stereocenters. The number of halogens is 4. The van der Waals surface area contributed by atoms with Crippen LogP contribution in [0, 0.1) is 12.7 Å². The summed E-state index contributed by atoms with van der Waals surface area (Å²) in [4.78, 5) is 12.2. The molecule has 0 fully saturated rings. The third-order valence-electron chi connectivity index (χ3n) is 2.79. The predicted octanol–water partition coefficient (Wildman–Crippen LogP) is 4.26. The molecule has 0 aromatic heterocycles. The Bertz CT molecular complexity index is 660. The smallest absolute Gasteiger partial charge is 0.406 e. The summed E-state index contributed by atoms with van der Waals surface area (Å²) < 4.78 is 53.0. The van der Waals surface area contributed by atoms with Crippen molar-refractivity contribution < 1.29 is 27.1 Å². The number of aryl methyl sites for hydroxylation is 1. The molecular formula is C15H10F4O2. The van der Waals surface area contributed by atoms with Crippen LogP contribution in [0.4, 0.5) is 17.6 Å². The van der Waals surface area contributed by atoms with Gasteiger partial charge in [-0.2, -0.15) is 0 Å². The molecule has 0 bridgehead atoms. The summed E-state index contributed by atoms with van der Waals surface area (Å²) >= 11 is 0. The van der Waals surface area contributed by atoms with E-state index < -0.39 is 23.7 Å². The Morgan fingerprint density at radius 3 is 2.24 bits per heavy atom. The maximum Gasteiger partial charge on any atom is 0.573 e. The van der Waals surface area contributed by atoms with E-state index in [9.17, 15) is 22.4 Å². The van der Waals surface area contributed by atoms with Crippen LogP contribution in [0.15, 0.2) is 42.5 Å². The van der Waals surface area contributed by atoms with Crippen LogP contribution in [0.1, 0.15) is 21.5 Å². The highest BCUT2D eigenvalue weighted by Gasteiger charge is 2.31. The average Bonchev–Trinajstić information content (AvgIpc) is 2.40. The van der Waals surface area contributed by atoms with E-state index in [-0.39, 0.29) is 11.1 Å².